The Morgan fingerprint density at radius 1 is 1.30 bits per heavy atom. The molecular formula is C6H4Br2FN. The lowest BCUT2D eigenvalue weighted by molar-refractivity contribution is 0.625. The number of halogens is 3. The highest BCUT2D eigenvalue weighted by molar-refractivity contribution is 9.11. The Bertz CT molecular complexity index is 239. The monoisotopic (exact) mass is 267 g/mol. The molecule has 10 heavy (non-hydrogen) atoms. The molecular weight excluding hydrogens is 265 g/mol. The van der Waals surface area contributed by atoms with Crippen molar-refractivity contribution in [1.29, 1.82) is 0 Å². The van der Waals surface area contributed by atoms with Crippen molar-refractivity contribution in [2.24, 2.45) is 0 Å². The third kappa shape index (κ3) is 1.49. The van der Waals surface area contributed by atoms with E-state index in [9.17, 15) is 4.39 Å². The molecule has 1 aromatic carbocycles. The maximum Gasteiger partial charge on any atom is 0.160 e. The molecule has 0 spiro atoms. The fourth-order valence-electron chi connectivity index (χ4n) is 0.576. The van der Waals surface area contributed by atoms with Crippen LogP contribution in [0.1, 0.15) is 0 Å². The molecule has 0 atom stereocenters. The summed E-state index contributed by atoms with van der Waals surface area (Å²) < 4.78 is 13.9. The van der Waals surface area contributed by atoms with Crippen LogP contribution in [0.5, 0.6) is 0 Å². The Balaban J connectivity index is 3.31. The van der Waals surface area contributed by atoms with E-state index in [0.29, 0.717) is 4.47 Å². The number of hydrogen-bond donors (Lipinski definition) is 1. The molecule has 0 saturated carbocycles. The van der Waals surface area contributed by atoms with Gasteiger partial charge in [0, 0.05) is 4.47 Å². The third-order valence-corrected chi connectivity index (χ3v) is 2.06. The van der Waals surface area contributed by atoms with Gasteiger partial charge in [-0.15, -0.1) is 0 Å². The number of anilines is 1. The Morgan fingerprint density at radius 2 is 1.90 bits per heavy atom. The maximum atomic E-state index is 12.7. The van der Waals surface area contributed by atoms with Gasteiger partial charge in [-0.3, -0.25) is 0 Å². The van der Waals surface area contributed by atoms with Gasteiger partial charge in [0.15, 0.2) is 5.82 Å². The molecule has 0 bridgehead atoms. The van der Waals surface area contributed by atoms with E-state index in [-0.39, 0.29) is 5.69 Å². The van der Waals surface area contributed by atoms with E-state index < -0.39 is 5.82 Å². The van der Waals surface area contributed by atoms with Gasteiger partial charge in [0.2, 0.25) is 0 Å². The van der Waals surface area contributed by atoms with Crippen molar-refractivity contribution < 1.29 is 4.39 Å². The number of hydrogen-bond acceptors (Lipinski definition) is 1. The number of benzene rings is 1. The van der Waals surface area contributed by atoms with Crippen LogP contribution in [0.15, 0.2) is 21.1 Å². The van der Waals surface area contributed by atoms with Crippen LogP contribution in [0, 0.1) is 5.82 Å². The minimum absolute atomic E-state index is 0.140. The lowest BCUT2D eigenvalue weighted by atomic mass is 10.3. The van der Waals surface area contributed by atoms with Crippen molar-refractivity contribution in [1.82, 2.24) is 0 Å². The van der Waals surface area contributed by atoms with E-state index in [2.05, 4.69) is 31.9 Å². The quantitative estimate of drug-likeness (QED) is 0.568. The molecule has 0 aromatic heterocycles. The van der Waals surface area contributed by atoms with Gasteiger partial charge in [0.1, 0.15) is 0 Å². The lowest BCUT2D eigenvalue weighted by Gasteiger charge is -1.98. The molecule has 0 aliphatic carbocycles. The average molecular weight is 269 g/mol. The van der Waals surface area contributed by atoms with Gasteiger partial charge in [0.25, 0.3) is 0 Å². The van der Waals surface area contributed by atoms with Crippen LogP contribution < -0.4 is 5.73 Å². The summed E-state index contributed by atoms with van der Waals surface area (Å²) in [6.45, 7) is 0. The van der Waals surface area contributed by atoms with Gasteiger partial charge in [-0.25, -0.2) is 4.39 Å². The molecule has 54 valence electrons. The molecule has 0 aliphatic rings. The minimum Gasteiger partial charge on any atom is -0.396 e. The van der Waals surface area contributed by atoms with E-state index in [1.165, 1.54) is 6.07 Å². The van der Waals surface area contributed by atoms with Crippen molar-refractivity contribution in [3.05, 3.63) is 26.9 Å². The number of rotatable bonds is 0. The van der Waals surface area contributed by atoms with Crippen molar-refractivity contribution in [2.45, 2.75) is 0 Å². The number of nitrogen functional groups attached to an aromatic ring is 1. The zero-order chi connectivity index (χ0) is 7.72. The normalized spacial score (nSPS) is 9.90. The SMILES string of the molecule is Nc1cc(Br)cc(Br)c1F. The summed E-state index contributed by atoms with van der Waals surface area (Å²) in [7, 11) is 0. The van der Waals surface area contributed by atoms with Crippen LogP contribution in [0.25, 0.3) is 0 Å². The Hall–Kier alpha value is -0.0900. The van der Waals surface area contributed by atoms with Crippen LogP contribution in [0.2, 0.25) is 0 Å². The van der Waals surface area contributed by atoms with Crippen LogP contribution in [-0.2, 0) is 0 Å². The third-order valence-electron chi connectivity index (χ3n) is 1.02. The van der Waals surface area contributed by atoms with Gasteiger partial charge < -0.3 is 5.73 Å². The first-order chi connectivity index (χ1) is 4.61. The smallest absolute Gasteiger partial charge is 0.160 e. The lowest BCUT2D eigenvalue weighted by Crippen LogP contribution is -1.90. The highest BCUT2D eigenvalue weighted by Gasteiger charge is 2.03. The molecule has 0 fully saturated rings. The Labute approximate surface area is 74.7 Å². The van der Waals surface area contributed by atoms with E-state index >= 15 is 0 Å². The largest absolute Gasteiger partial charge is 0.396 e. The summed E-state index contributed by atoms with van der Waals surface area (Å²) in [6, 6.07) is 3.12. The molecule has 1 rings (SSSR count). The predicted molar refractivity (Wildman–Crippen MR) is 46.2 cm³/mol. The van der Waals surface area contributed by atoms with Crippen molar-refractivity contribution in [3.8, 4) is 0 Å². The molecule has 4 heteroatoms. The Morgan fingerprint density at radius 3 is 2.40 bits per heavy atom. The van der Waals surface area contributed by atoms with Gasteiger partial charge >= 0.3 is 0 Å². The Kier molecular flexibility index (Phi) is 2.31. The van der Waals surface area contributed by atoms with Crippen LogP contribution in [-0.4, -0.2) is 0 Å². The molecule has 0 heterocycles. The summed E-state index contributed by atoms with van der Waals surface area (Å²) in [5, 5.41) is 0. The molecule has 2 N–H and O–H groups in total. The van der Waals surface area contributed by atoms with Crippen LogP contribution in [0.3, 0.4) is 0 Å². The van der Waals surface area contributed by atoms with Gasteiger partial charge in [-0.2, -0.15) is 0 Å². The second kappa shape index (κ2) is 2.88. The second-order valence-corrected chi connectivity index (χ2v) is 3.56. The van der Waals surface area contributed by atoms with E-state index in [0.717, 1.165) is 4.47 Å². The van der Waals surface area contributed by atoms with Crippen LogP contribution in [0.4, 0.5) is 10.1 Å². The average Bonchev–Trinajstić information content (AvgIpc) is 1.82. The molecule has 0 unspecified atom stereocenters. The summed E-state index contributed by atoms with van der Waals surface area (Å²) >= 11 is 6.18. The number of nitrogens with two attached hydrogens (primary N) is 1. The molecule has 0 radical (unpaired) electrons. The van der Waals surface area contributed by atoms with E-state index in [1.807, 2.05) is 0 Å². The zero-order valence-electron chi connectivity index (χ0n) is 4.87. The fourth-order valence-corrected chi connectivity index (χ4v) is 1.83. The predicted octanol–water partition coefficient (Wildman–Crippen LogP) is 2.93. The minimum atomic E-state index is -0.414. The molecule has 0 aliphatic heterocycles. The zero-order valence-corrected chi connectivity index (χ0v) is 8.04. The van der Waals surface area contributed by atoms with Gasteiger partial charge in [0.05, 0.1) is 10.2 Å². The first kappa shape index (κ1) is 8.01. The molecule has 0 amide bonds. The van der Waals surface area contributed by atoms with Gasteiger partial charge in [-0.05, 0) is 28.1 Å². The highest BCUT2D eigenvalue weighted by atomic mass is 79.9. The highest BCUT2D eigenvalue weighted by Crippen LogP contribution is 2.25. The molecule has 1 aromatic rings. The fraction of sp³-hybridized carbons (Fsp3) is 0. The van der Waals surface area contributed by atoms with Gasteiger partial charge in [-0.1, -0.05) is 15.9 Å². The van der Waals surface area contributed by atoms with E-state index in [1.54, 1.807) is 6.07 Å². The summed E-state index contributed by atoms with van der Waals surface area (Å²) in [6.07, 6.45) is 0. The molecule has 1 nitrogen and oxygen atoms in total. The van der Waals surface area contributed by atoms with E-state index in [4.69, 9.17) is 5.73 Å². The van der Waals surface area contributed by atoms with Crippen molar-refractivity contribution in [3.63, 3.8) is 0 Å². The summed E-state index contributed by atoms with van der Waals surface area (Å²) in [5.41, 5.74) is 5.43. The summed E-state index contributed by atoms with van der Waals surface area (Å²) in [4.78, 5) is 0. The second-order valence-electron chi connectivity index (χ2n) is 1.79. The van der Waals surface area contributed by atoms with Crippen LogP contribution >= 0.6 is 31.9 Å². The standard InChI is InChI=1S/C6H4Br2FN/c7-3-1-4(8)6(9)5(10)2-3/h1-2H,10H2. The topological polar surface area (TPSA) is 26.0 Å². The molecule has 0 saturated heterocycles. The summed E-state index contributed by atoms with van der Waals surface area (Å²) in [5.74, 6) is -0.414. The van der Waals surface area contributed by atoms with Crippen molar-refractivity contribution in [2.75, 3.05) is 5.73 Å². The maximum absolute atomic E-state index is 12.7. The first-order valence-corrected chi connectivity index (χ1v) is 4.10. The van der Waals surface area contributed by atoms with Crippen molar-refractivity contribution >= 4 is 37.5 Å². The first-order valence-electron chi connectivity index (χ1n) is 2.51.